The zero-order chi connectivity index (χ0) is 20.2. The molecule has 2 fully saturated rings. The summed E-state index contributed by atoms with van der Waals surface area (Å²) in [5.41, 5.74) is 0.512. The minimum atomic E-state index is -0.438. The van der Waals surface area contributed by atoms with Crippen molar-refractivity contribution in [2.45, 2.75) is 31.5 Å². The number of benzene rings is 1. The predicted octanol–water partition coefficient (Wildman–Crippen LogP) is 1.87. The lowest BCUT2D eigenvalue weighted by Crippen LogP contribution is -2.54. The normalized spacial score (nSPS) is 19.0. The standard InChI is InChI=1S/C21H25FN4O3/c1-28-21-14(11-24-20(27)18-8-5-9-23-18)10-17(22)19(25-21)26-12-16(13-26)29-15-6-3-2-4-7-15/h2-4,6-7,10,16,18,23H,5,8-9,11-13H2,1H3,(H,24,27). The van der Waals surface area contributed by atoms with E-state index in [0.29, 0.717) is 24.5 Å². The molecule has 3 heterocycles. The first kappa shape index (κ1) is 19.4. The largest absolute Gasteiger partial charge is 0.487 e. The van der Waals surface area contributed by atoms with Gasteiger partial charge in [-0.2, -0.15) is 4.98 Å². The third kappa shape index (κ3) is 4.42. The van der Waals surface area contributed by atoms with Crippen LogP contribution in [0.15, 0.2) is 36.4 Å². The highest BCUT2D eigenvalue weighted by Crippen LogP contribution is 2.29. The van der Waals surface area contributed by atoms with Gasteiger partial charge in [-0.3, -0.25) is 4.79 Å². The van der Waals surface area contributed by atoms with Crippen LogP contribution in [0, 0.1) is 5.82 Å². The highest BCUT2D eigenvalue weighted by Gasteiger charge is 2.32. The van der Waals surface area contributed by atoms with E-state index in [9.17, 15) is 9.18 Å². The summed E-state index contributed by atoms with van der Waals surface area (Å²) in [5.74, 6) is 0.826. The maximum atomic E-state index is 14.7. The van der Waals surface area contributed by atoms with E-state index >= 15 is 0 Å². The summed E-state index contributed by atoms with van der Waals surface area (Å²) in [6.45, 7) is 2.11. The molecule has 0 saturated carbocycles. The molecule has 29 heavy (non-hydrogen) atoms. The van der Waals surface area contributed by atoms with Crippen LogP contribution < -0.4 is 25.0 Å². The fraction of sp³-hybridized carbons (Fsp3) is 0.429. The van der Waals surface area contributed by atoms with Crippen molar-refractivity contribution < 1.29 is 18.7 Å². The maximum absolute atomic E-state index is 14.7. The topological polar surface area (TPSA) is 75.7 Å². The van der Waals surface area contributed by atoms with Gasteiger partial charge < -0.3 is 25.0 Å². The van der Waals surface area contributed by atoms with E-state index in [-0.39, 0.29) is 30.4 Å². The number of aromatic nitrogens is 1. The van der Waals surface area contributed by atoms with E-state index in [1.807, 2.05) is 35.2 Å². The Hall–Kier alpha value is -2.87. The van der Waals surface area contributed by atoms with Crippen molar-refractivity contribution in [3.8, 4) is 11.6 Å². The van der Waals surface area contributed by atoms with Gasteiger partial charge in [0.2, 0.25) is 11.8 Å². The SMILES string of the molecule is COc1nc(N2CC(Oc3ccccc3)C2)c(F)cc1CNC(=O)C1CCCN1. The number of carbonyl (C=O) groups excluding carboxylic acids is 1. The number of hydrogen-bond donors (Lipinski definition) is 2. The molecule has 8 heteroatoms. The summed E-state index contributed by atoms with van der Waals surface area (Å²) in [7, 11) is 1.49. The van der Waals surface area contributed by atoms with Crippen LogP contribution in [0.3, 0.4) is 0 Å². The molecule has 0 spiro atoms. The molecule has 2 saturated heterocycles. The Morgan fingerprint density at radius 1 is 1.34 bits per heavy atom. The second kappa shape index (κ2) is 8.65. The number of nitrogens with one attached hydrogen (secondary N) is 2. The summed E-state index contributed by atoms with van der Waals surface area (Å²) in [6, 6.07) is 10.8. The predicted molar refractivity (Wildman–Crippen MR) is 107 cm³/mol. The van der Waals surface area contributed by atoms with Crippen molar-refractivity contribution in [3.05, 3.63) is 47.8 Å². The summed E-state index contributed by atoms with van der Waals surface area (Å²) in [6.07, 6.45) is 1.79. The number of rotatable bonds is 7. The molecule has 2 aliphatic heterocycles. The van der Waals surface area contributed by atoms with Crippen LogP contribution in [0.2, 0.25) is 0 Å². The first-order valence-corrected chi connectivity index (χ1v) is 9.85. The fourth-order valence-electron chi connectivity index (χ4n) is 3.62. The second-order valence-corrected chi connectivity index (χ2v) is 7.29. The number of anilines is 1. The highest BCUT2D eigenvalue weighted by molar-refractivity contribution is 5.82. The third-order valence-electron chi connectivity index (χ3n) is 5.21. The molecule has 2 aliphatic rings. The van der Waals surface area contributed by atoms with E-state index in [4.69, 9.17) is 9.47 Å². The van der Waals surface area contributed by atoms with Gasteiger partial charge in [0.1, 0.15) is 11.9 Å². The van der Waals surface area contributed by atoms with Gasteiger partial charge in [0.15, 0.2) is 11.6 Å². The molecule has 0 bridgehead atoms. The van der Waals surface area contributed by atoms with Crippen molar-refractivity contribution in [3.63, 3.8) is 0 Å². The Kier molecular flexibility index (Phi) is 5.80. The summed E-state index contributed by atoms with van der Waals surface area (Å²) in [5, 5.41) is 5.97. The number of nitrogens with zero attached hydrogens (tertiary/aromatic N) is 2. The van der Waals surface area contributed by atoms with Crippen molar-refractivity contribution >= 4 is 11.7 Å². The number of methoxy groups -OCH3 is 1. The molecule has 1 aromatic carbocycles. The smallest absolute Gasteiger partial charge is 0.237 e. The minimum Gasteiger partial charge on any atom is -0.487 e. The van der Waals surface area contributed by atoms with Gasteiger partial charge in [0.25, 0.3) is 0 Å². The van der Waals surface area contributed by atoms with Gasteiger partial charge in [-0.15, -0.1) is 0 Å². The maximum Gasteiger partial charge on any atom is 0.237 e. The van der Waals surface area contributed by atoms with Gasteiger partial charge in [-0.1, -0.05) is 18.2 Å². The summed E-state index contributed by atoms with van der Waals surface area (Å²) < 4.78 is 25.9. The van der Waals surface area contributed by atoms with Crippen LogP contribution in [0.1, 0.15) is 18.4 Å². The fourth-order valence-corrected chi connectivity index (χ4v) is 3.62. The number of halogens is 1. The van der Waals surface area contributed by atoms with Crippen LogP contribution in [0.5, 0.6) is 11.6 Å². The Morgan fingerprint density at radius 2 is 2.14 bits per heavy atom. The average Bonchev–Trinajstić information content (AvgIpc) is 3.25. The second-order valence-electron chi connectivity index (χ2n) is 7.29. The molecule has 1 atom stereocenters. The molecule has 0 radical (unpaired) electrons. The van der Waals surface area contributed by atoms with E-state index in [2.05, 4.69) is 15.6 Å². The van der Waals surface area contributed by atoms with Crippen LogP contribution in [-0.4, -0.2) is 49.8 Å². The quantitative estimate of drug-likeness (QED) is 0.739. The number of carbonyl (C=O) groups is 1. The first-order valence-electron chi connectivity index (χ1n) is 9.85. The first-order chi connectivity index (χ1) is 14.1. The molecular weight excluding hydrogens is 375 g/mol. The lowest BCUT2D eigenvalue weighted by molar-refractivity contribution is -0.122. The summed E-state index contributed by atoms with van der Waals surface area (Å²) in [4.78, 5) is 18.3. The van der Waals surface area contributed by atoms with Crippen LogP contribution in [0.25, 0.3) is 0 Å². The number of amides is 1. The molecular formula is C21H25FN4O3. The van der Waals surface area contributed by atoms with Crippen molar-refractivity contribution in [2.24, 2.45) is 0 Å². The molecule has 2 aromatic rings. The Morgan fingerprint density at radius 3 is 2.83 bits per heavy atom. The van der Waals surface area contributed by atoms with Gasteiger partial charge in [0.05, 0.1) is 26.2 Å². The van der Waals surface area contributed by atoms with E-state index in [0.717, 1.165) is 25.1 Å². The van der Waals surface area contributed by atoms with Crippen molar-refractivity contribution in [2.75, 3.05) is 31.6 Å². The van der Waals surface area contributed by atoms with Gasteiger partial charge in [0, 0.05) is 12.1 Å². The van der Waals surface area contributed by atoms with Crippen LogP contribution in [0.4, 0.5) is 10.2 Å². The molecule has 1 aromatic heterocycles. The molecule has 154 valence electrons. The number of ether oxygens (including phenoxy) is 2. The molecule has 0 aliphatic carbocycles. The Balaban J connectivity index is 1.37. The highest BCUT2D eigenvalue weighted by atomic mass is 19.1. The monoisotopic (exact) mass is 400 g/mol. The summed E-state index contributed by atoms with van der Waals surface area (Å²) >= 11 is 0. The molecule has 1 unspecified atom stereocenters. The van der Waals surface area contributed by atoms with Gasteiger partial charge >= 0.3 is 0 Å². The minimum absolute atomic E-state index is 0.0116. The molecule has 2 N–H and O–H groups in total. The van der Waals surface area contributed by atoms with Crippen LogP contribution >= 0.6 is 0 Å². The lowest BCUT2D eigenvalue weighted by Gasteiger charge is -2.40. The van der Waals surface area contributed by atoms with E-state index in [1.54, 1.807) is 0 Å². The number of pyridine rings is 1. The average molecular weight is 400 g/mol. The van der Waals surface area contributed by atoms with E-state index < -0.39 is 5.82 Å². The van der Waals surface area contributed by atoms with Crippen molar-refractivity contribution in [1.82, 2.24) is 15.6 Å². The number of hydrogen-bond acceptors (Lipinski definition) is 6. The third-order valence-corrected chi connectivity index (χ3v) is 5.21. The van der Waals surface area contributed by atoms with Gasteiger partial charge in [-0.25, -0.2) is 4.39 Å². The Bertz CT molecular complexity index is 853. The molecule has 4 rings (SSSR count). The Labute approximate surface area is 169 Å². The number of para-hydroxylation sites is 1. The van der Waals surface area contributed by atoms with Crippen molar-refractivity contribution in [1.29, 1.82) is 0 Å². The molecule has 7 nitrogen and oxygen atoms in total. The zero-order valence-corrected chi connectivity index (χ0v) is 16.4. The van der Waals surface area contributed by atoms with E-state index in [1.165, 1.54) is 13.2 Å². The van der Waals surface area contributed by atoms with Gasteiger partial charge in [-0.05, 0) is 37.6 Å². The lowest BCUT2D eigenvalue weighted by atomic mass is 10.1. The zero-order valence-electron chi connectivity index (χ0n) is 16.4. The van der Waals surface area contributed by atoms with Crippen LogP contribution in [-0.2, 0) is 11.3 Å². The molecule has 1 amide bonds.